The summed E-state index contributed by atoms with van der Waals surface area (Å²) in [5, 5.41) is 0. The Kier molecular flexibility index (Phi) is 15.9. The average molecular weight is 539 g/mol. The van der Waals surface area contributed by atoms with Crippen molar-refractivity contribution in [3.63, 3.8) is 0 Å². The molecule has 2 atom stereocenters. The van der Waals surface area contributed by atoms with Crippen molar-refractivity contribution in [2.45, 2.75) is 110 Å². The predicted molar refractivity (Wildman–Crippen MR) is 164 cm³/mol. The first-order chi connectivity index (χ1) is 18.8. The van der Waals surface area contributed by atoms with Gasteiger partial charge in [-0.3, -0.25) is 4.79 Å². The van der Waals surface area contributed by atoms with Crippen LogP contribution in [0.3, 0.4) is 0 Å². The standard InChI is InChI=1S/C35H56NO3/c1-6-7-8-9-10-11-12-13-14-15-19-24-33-25-20-21-26-34(33)39-31(3)29-38-35(37)30(2)27-36(4,5)28-32-22-17-16-18-23-32/h16-18,20-23,25-26,30-31H,6-15,19,24,27-29H2,1-5H3/q+1. The van der Waals surface area contributed by atoms with Crippen molar-refractivity contribution in [1.82, 2.24) is 0 Å². The van der Waals surface area contributed by atoms with Crippen LogP contribution in [-0.2, 0) is 22.5 Å². The zero-order valence-corrected chi connectivity index (χ0v) is 25.6. The van der Waals surface area contributed by atoms with Crippen molar-refractivity contribution < 1.29 is 18.8 Å². The van der Waals surface area contributed by atoms with Crippen LogP contribution >= 0.6 is 0 Å². The summed E-state index contributed by atoms with van der Waals surface area (Å²) in [5.74, 6) is 0.588. The summed E-state index contributed by atoms with van der Waals surface area (Å²) in [5.41, 5.74) is 2.52. The third-order valence-electron chi connectivity index (χ3n) is 7.43. The first-order valence-corrected chi connectivity index (χ1v) is 15.6. The van der Waals surface area contributed by atoms with E-state index in [1.807, 2.05) is 32.0 Å². The topological polar surface area (TPSA) is 35.5 Å². The number of esters is 1. The van der Waals surface area contributed by atoms with E-state index >= 15 is 0 Å². The monoisotopic (exact) mass is 538 g/mol. The van der Waals surface area contributed by atoms with Gasteiger partial charge in [0.15, 0.2) is 0 Å². The Labute approximate surface area is 239 Å². The van der Waals surface area contributed by atoms with Gasteiger partial charge < -0.3 is 14.0 Å². The second-order valence-electron chi connectivity index (χ2n) is 12.1. The van der Waals surface area contributed by atoms with Gasteiger partial charge >= 0.3 is 5.97 Å². The van der Waals surface area contributed by atoms with Crippen molar-refractivity contribution in [2.75, 3.05) is 27.2 Å². The maximum absolute atomic E-state index is 12.7. The number of hydrogen-bond donors (Lipinski definition) is 0. The van der Waals surface area contributed by atoms with E-state index in [0.29, 0.717) is 0 Å². The van der Waals surface area contributed by atoms with Crippen LogP contribution in [0.15, 0.2) is 54.6 Å². The zero-order valence-electron chi connectivity index (χ0n) is 25.6. The summed E-state index contributed by atoms with van der Waals surface area (Å²) in [4.78, 5) is 12.7. The van der Waals surface area contributed by atoms with E-state index in [1.165, 1.54) is 81.8 Å². The molecule has 0 spiro atoms. The molecule has 2 unspecified atom stereocenters. The molecule has 0 aliphatic rings. The van der Waals surface area contributed by atoms with Crippen LogP contribution in [0.25, 0.3) is 0 Å². The maximum atomic E-state index is 12.7. The first-order valence-electron chi connectivity index (χ1n) is 15.6. The highest BCUT2D eigenvalue weighted by Crippen LogP contribution is 2.23. The van der Waals surface area contributed by atoms with Crippen LogP contribution < -0.4 is 4.74 Å². The molecule has 0 N–H and O–H groups in total. The van der Waals surface area contributed by atoms with Gasteiger partial charge in [-0.15, -0.1) is 0 Å². The summed E-state index contributed by atoms with van der Waals surface area (Å²) in [6.45, 7) is 8.09. The summed E-state index contributed by atoms with van der Waals surface area (Å²) in [6, 6.07) is 18.7. The molecule has 0 aliphatic heterocycles. The van der Waals surface area contributed by atoms with Crippen LogP contribution in [0.4, 0.5) is 0 Å². The summed E-state index contributed by atoms with van der Waals surface area (Å²) in [7, 11) is 4.32. The van der Waals surface area contributed by atoms with E-state index < -0.39 is 0 Å². The molecule has 2 aromatic carbocycles. The van der Waals surface area contributed by atoms with Gasteiger partial charge in [-0.05, 0) is 38.3 Å². The van der Waals surface area contributed by atoms with E-state index in [2.05, 4.69) is 57.4 Å². The molecular weight excluding hydrogens is 482 g/mol. The molecule has 0 aliphatic carbocycles. The minimum absolute atomic E-state index is 0.154. The van der Waals surface area contributed by atoms with Crippen LogP contribution in [0.5, 0.6) is 5.75 Å². The number of quaternary nitrogens is 1. The lowest BCUT2D eigenvalue weighted by molar-refractivity contribution is -0.905. The lowest BCUT2D eigenvalue weighted by atomic mass is 10.0. The molecule has 0 heterocycles. The number of rotatable bonds is 21. The highest BCUT2D eigenvalue weighted by atomic mass is 16.6. The molecule has 4 nitrogen and oxygen atoms in total. The Balaban J connectivity index is 1.66. The van der Waals surface area contributed by atoms with E-state index in [-0.39, 0.29) is 24.6 Å². The number of carbonyl (C=O) groups is 1. The number of para-hydroxylation sites is 1. The SMILES string of the molecule is CCCCCCCCCCCCCc1ccccc1OC(C)COC(=O)C(C)C[N+](C)(C)Cc1ccccc1. The molecule has 4 heteroatoms. The fraction of sp³-hybridized carbons (Fsp3) is 0.629. The third kappa shape index (κ3) is 14.6. The minimum atomic E-state index is -0.188. The average Bonchev–Trinajstić information content (AvgIpc) is 2.91. The van der Waals surface area contributed by atoms with E-state index in [0.717, 1.165) is 29.7 Å². The Morgan fingerprint density at radius 3 is 1.97 bits per heavy atom. The van der Waals surface area contributed by atoms with Crippen molar-refractivity contribution in [2.24, 2.45) is 5.92 Å². The van der Waals surface area contributed by atoms with Gasteiger partial charge in [0.2, 0.25) is 0 Å². The fourth-order valence-corrected chi connectivity index (χ4v) is 5.36. The van der Waals surface area contributed by atoms with E-state index in [4.69, 9.17) is 9.47 Å². The summed E-state index contributed by atoms with van der Waals surface area (Å²) < 4.78 is 12.6. The molecule has 0 amide bonds. The second-order valence-corrected chi connectivity index (χ2v) is 12.1. The normalized spacial score (nSPS) is 13.2. The highest BCUT2D eigenvalue weighted by Gasteiger charge is 2.26. The van der Waals surface area contributed by atoms with Gasteiger partial charge in [0.05, 0.1) is 20.6 Å². The summed E-state index contributed by atoms with van der Waals surface area (Å²) >= 11 is 0. The van der Waals surface area contributed by atoms with Crippen molar-refractivity contribution >= 4 is 5.97 Å². The van der Waals surface area contributed by atoms with E-state index in [1.54, 1.807) is 0 Å². The maximum Gasteiger partial charge on any atom is 0.314 e. The Bertz CT molecular complexity index is 911. The Morgan fingerprint density at radius 2 is 1.33 bits per heavy atom. The zero-order chi connectivity index (χ0) is 28.3. The summed E-state index contributed by atoms with van der Waals surface area (Å²) in [6.07, 6.45) is 15.7. The van der Waals surface area contributed by atoms with Gasteiger partial charge in [0, 0.05) is 5.56 Å². The molecule has 2 aromatic rings. The number of unbranched alkanes of at least 4 members (excludes halogenated alkanes) is 10. The van der Waals surface area contributed by atoms with Crippen molar-refractivity contribution in [3.8, 4) is 5.75 Å². The van der Waals surface area contributed by atoms with Gasteiger partial charge in [-0.2, -0.15) is 0 Å². The lowest BCUT2D eigenvalue weighted by Crippen LogP contribution is -2.44. The van der Waals surface area contributed by atoms with Crippen LogP contribution in [0.2, 0.25) is 0 Å². The third-order valence-corrected chi connectivity index (χ3v) is 7.43. The van der Waals surface area contributed by atoms with E-state index in [9.17, 15) is 4.79 Å². The quantitative estimate of drug-likeness (QED) is 0.0905. The minimum Gasteiger partial charge on any atom is -0.487 e. The molecule has 0 radical (unpaired) electrons. The van der Waals surface area contributed by atoms with Gasteiger partial charge in [-0.1, -0.05) is 120 Å². The van der Waals surface area contributed by atoms with Crippen LogP contribution in [0.1, 0.15) is 103 Å². The van der Waals surface area contributed by atoms with Gasteiger partial charge in [-0.25, -0.2) is 0 Å². The molecule has 2 rings (SSSR count). The number of aryl methyl sites for hydroxylation is 1. The molecule has 0 aromatic heterocycles. The Morgan fingerprint density at radius 1 is 0.769 bits per heavy atom. The van der Waals surface area contributed by atoms with Crippen molar-refractivity contribution in [3.05, 3.63) is 65.7 Å². The predicted octanol–water partition coefficient (Wildman–Crippen LogP) is 8.76. The number of hydrogen-bond acceptors (Lipinski definition) is 3. The van der Waals surface area contributed by atoms with Gasteiger partial charge in [0.25, 0.3) is 0 Å². The van der Waals surface area contributed by atoms with Crippen LogP contribution in [-0.4, -0.2) is 43.8 Å². The lowest BCUT2D eigenvalue weighted by Gasteiger charge is -2.32. The van der Waals surface area contributed by atoms with Crippen LogP contribution in [0, 0.1) is 5.92 Å². The van der Waals surface area contributed by atoms with Gasteiger partial charge in [0.1, 0.15) is 30.9 Å². The molecule has 218 valence electrons. The molecule has 39 heavy (non-hydrogen) atoms. The highest BCUT2D eigenvalue weighted by molar-refractivity contribution is 5.72. The molecule has 0 fully saturated rings. The second kappa shape index (κ2) is 18.9. The molecular formula is C35H56NO3+. The first kappa shape index (κ1) is 32.9. The number of nitrogens with zero attached hydrogens (tertiary/aromatic N) is 1. The molecule has 0 saturated heterocycles. The largest absolute Gasteiger partial charge is 0.487 e. The molecule has 0 bridgehead atoms. The Hall–Kier alpha value is -2.33. The van der Waals surface area contributed by atoms with Crippen molar-refractivity contribution in [1.29, 1.82) is 0 Å². The number of ether oxygens (including phenoxy) is 2. The number of benzene rings is 2. The molecule has 0 saturated carbocycles. The fourth-order valence-electron chi connectivity index (χ4n) is 5.36. The number of carbonyl (C=O) groups excluding carboxylic acids is 1. The smallest absolute Gasteiger partial charge is 0.314 e.